The van der Waals surface area contributed by atoms with Gasteiger partial charge in [0.2, 0.25) is 5.91 Å². The van der Waals surface area contributed by atoms with Crippen molar-refractivity contribution in [3.05, 3.63) is 0 Å². The molecule has 4 heteroatoms. The van der Waals surface area contributed by atoms with Crippen LogP contribution in [-0.4, -0.2) is 42.8 Å². The van der Waals surface area contributed by atoms with Crippen molar-refractivity contribution >= 4 is 11.7 Å². The van der Waals surface area contributed by atoms with Gasteiger partial charge in [-0.05, 0) is 19.9 Å². The molecule has 1 heterocycles. The maximum atomic E-state index is 11.3. The van der Waals surface area contributed by atoms with Gasteiger partial charge >= 0.3 is 0 Å². The zero-order valence-corrected chi connectivity index (χ0v) is 8.17. The normalized spacial score (nSPS) is 21.2. The summed E-state index contributed by atoms with van der Waals surface area (Å²) in [5.74, 6) is 0.219. The zero-order chi connectivity index (χ0) is 9.84. The summed E-state index contributed by atoms with van der Waals surface area (Å²) in [5, 5.41) is 2.58. The average molecular weight is 184 g/mol. The molecule has 0 spiro atoms. The Kier molecular flexibility index (Phi) is 3.42. The summed E-state index contributed by atoms with van der Waals surface area (Å²) in [4.78, 5) is 24.3. The maximum Gasteiger partial charge on any atom is 0.236 e. The van der Waals surface area contributed by atoms with E-state index in [1.165, 1.54) is 0 Å². The number of hydrogen-bond acceptors (Lipinski definition) is 3. The van der Waals surface area contributed by atoms with Crippen LogP contribution < -0.4 is 5.32 Å². The van der Waals surface area contributed by atoms with Crippen molar-refractivity contribution in [3.8, 4) is 0 Å². The van der Waals surface area contributed by atoms with Gasteiger partial charge in [-0.25, -0.2) is 0 Å². The summed E-state index contributed by atoms with van der Waals surface area (Å²) in [7, 11) is 1.62. The number of nitrogens with one attached hydrogen (secondary N) is 1. The highest BCUT2D eigenvalue weighted by Gasteiger charge is 2.25. The third kappa shape index (κ3) is 2.52. The minimum atomic E-state index is -0.186. The van der Waals surface area contributed by atoms with Gasteiger partial charge in [-0.15, -0.1) is 0 Å². The molecule has 1 saturated heterocycles. The van der Waals surface area contributed by atoms with Crippen LogP contribution >= 0.6 is 0 Å². The number of Topliss-reactive ketones (excluding diaryl/α,β-unsaturated/α-hetero) is 1. The summed E-state index contributed by atoms with van der Waals surface area (Å²) >= 11 is 0. The fourth-order valence-corrected chi connectivity index (χ4v) is 1.57. The molecule has 0 bridgehead atoms. The molecule has 0 radical (unpaired) electrons. The standard InChI is InChI=1S/C9H16N2O2/c1-7(9(13)10-2)11-5-3-4-8(12)6-11/h7H,3-6H2,1-2H3,(H,10,13). The topological polar surface area (TPSA) is 49.4 Å². The number of amides is 1. The lowest BCUT2D eigenvalue weighted by molar-refractivity contribution is -0.129. The predicted molar refractivity (Wildman–Crippen MR) is 49.3 cm³/mol. The summed E-state index contributed by atoms with van der Waals surface area (Å²) < 4.78 is 0. The lowest BCUT2D eigenvalue weighted by atomic mass is 10.1. The molecule has 0 aromatic carbocycles. The number of carbonyl (C=O) groups excluding carboxylic acids is 2. The molecular formula is C9H16N2O2. The van der Waals surface area contributed by atoms with E-state index in [1.807, 2.05) is 11.8 Å². The van der Waals surface area contributed by atoms with Crippen molar-refractivity contribution in [3.63, 3.8) is 0 Å². The molecule has 1 unspecified atom stereocenters. The Hall–Kier alpha value is -0.900. The summed E-state index contributed by atoms with van der Waals surface area (Å²) in [6.07, 6.45) is 1.54. The lowest BCUT2D eigenvalue weighted by Crippen LogP contribution is -2.48. The Labute approximate surface area is 78.3 Å². The maximum absolute atomic E-state index is 11.3. The van der Waals surface area contributed by atoms with Gasteiger partial charge in [0.15, 0.2) is 0 Å². The molecule has 74 valence electrons. The van der Waals surface area contributed by atoms with Crippen LogP contribution in [0.4, 0.5) is 0 Å². The first kappa shape index (κ1) is 10.2. The number of likely N-dealkylation sites (N-methyl/N-ethyl adjacent to an activating group) is 1. The molecule has 1 fully saturated rings. The van der Waals surface area contributed by atoms with Gasteiger partial charge in [-0.1, -0.05) is 0 Å². The fraction of sp³-hybridized carbons (Fsp3) is 0.778. The van der Waals surface area contributed by atoms with E-state index in [0.717, 1.165) is 13.0 Å². The summed E-state index contributed by atoms with van der Waals surface area (Å²) in [5.41, 5.74) is 0. The highest BCUT2D eigenvalue weighted by Crippen LogP contribution is 2.09. The van der Waals surface area contributed by atoms with Crippen molar-refractivity contribution in [1.82, 2.24) is 10.2 Å². The molecule has 0 saturated carbocycles. The van der Waals surface area contributed by atoms with Crippen LogP contribution in [0, 0.1) is 0 Å². The minimum Gasteiger partial charge on any atom is -0.358 e. The molecule has 1 aliphatic heterocycles. The Morgan fingerprint density at radius 3 is 2.85 bits per heavy atom. The average Bonchev–Trinajstić information content (AvgIpc) is 2.15. The quantitative estimate of drug-likeness (QED) is 0.646. The van der Waals surface area contributed by atoms with E-state index in [9.17, 15) is 9.59 Å². The second kappa shape index (κ2) is 4.37. The molecule has 1 atom stereocenters. The van der Waals surface area contributed by atoms with E-state index in [1.54, 1.807) is 7.05 Å². The number of rotatable bonds is 2. The number of nitrogens with zero attached hydrogens (tertiary/aromatic N) is 1. The van der Waals surface area contributed by atoms with Crippen LogP contribution in [0.3, 0.4) is 0 Å². The first-order valence-electron chi connectivity index (χ1n) is 4.62. The fourth-order valence-electron chi connectivity index (χ4n) is 1.57. The van der Waals surface area contributed by atoms with E-state index in [0.29, 0.717) is 13.0 Å². The smallest absolute Gasteiger partial charge is 0.236 e. The molecule has 0 aromatic heterocycles. The van der Waals surface area contributed by atoms with Gasteiger partial charge < -0.3 is 5.32 Å². The third-order valence-electron chi connectivity index (χ3n) is 2.45. The Morgan fingerprint density at radius 1 is 1.62 bits per heavy atom. The van der Waals surface area contributed by atoms with E-state index >= 15 is 0 Å². The van der Waals surface area contributed by atoms with Gasteiger partial charge in [0, 0.05) is 13.5 Å². The molecular weight excluding hydrogens is 168 g/mol. The van der Waals surface area contributed by atoms with Crippen molar-refractivity contribution in [2.24, 2.45) is 0 Å². The van der Waals surface area contributed by atoms with E-state index in [2.05, 4.69) is 5.32 Å². The van der Waals surface area contributed by atoms with Crippen molar-refractivity contribution in [2.75, 3.05) is 20.1 Å². The van der Waals surface area contributed by atoms with Crippen molar-refractivity contribution in [1.29, 1.82) is 0 Å². The number of ketones is 1. The second-order valence-corrected chi connectivity index (χ2v) is 3.40. The summed E-state index contributed by atoms with van der Waals surface area (Å²) in [6.45, 7) is 3.10. The first-order valence-corrected chi connectivity index (χ1v) is 4.62. The molecule has 4 nitrogen and oxygen atoms in total. The molecule has 1 amide bonds. The first-order chi connectivity index (χ1) is 6.15. The van der Waals surface area contributed by atoms with Gasteiger partial charge in [-0.2, -0.15) is 0 Å². The largest absolute Gasteiger partial charge is 0.358 e. The number of likely N-dealkylation sites (tertiary alicyclic amines) is 1. The van der Waals surface area contributed by atoms with Crippen molar-refractivity contribution in [2.45, 2.75) is 25.8 Å². The molecule has 1 N–H and O–H groups in total. The van der Waals surface area contributed by atoms with Crippen LogP contribution in [-0.2, 0) is 9.59 Å². The monoisotopic (exact) mass is 184 g/mol. The lowest BCUT2D eigenvalue weighted by Gasteiger charge is -2.30. The Balaban J connectivity index is 2.50. The van der Waals surface area contributed by atoms with Gasteiger partial charge in [-0.3, -0.25) is 14.5 Å². The summed E-state index contributed by atoms with van der Waals surface area (Å²) in [6, 6.07) is -0.186. The molecule has 0 aromatic rings. The van der Waals surface area contributed by atoms with E-state index in [-0.39, 0.29) is 17.7 Å². The van der Waals surface area contributed by atoms with Gasteiger partial charge in [0.1, 0.15) is 5.78 Å². The molecule has 13 heavy (non-hydrogen) atoms. The Morgan fingerprint density at radius 2 is 2.31 bits per heavy atom. The molecule has 1 aliphatic rings. The van der Waals surface area contributed by atoms with E-state index < -0.39 is 0 Å². The van der Waals surface area contributed by atoms with Gasteiger partial charge in [0.25, 0.3) is 0 Å². The second-order valence-electron chi connectivity index (χ2n) is 3.40. The molecule has 0 aliphatic carbocycles. The SMILES string of the molecule is CNC(=O)C(C)N1CCCC(=O)C1. The predicted octanol–water partition coefficient (Wildman–Crippen LogP) is -0.214. The van der Waals surface area contributed by atoms with Gasteiger partial charge in [0.05, 0.1) is 12.6 Å². The number of piperidine rings is 1. The highest BCUT2D eigenvalue weighted by atomic mass is 16.2. The third-order valence-corrected chi connectivity index (χ3v) is 2.45. The van der Waals surface area contributed by atoms with Crippen LogP contribution in [0.5, 0.6) is 0 Å². The molecule has 1 rings (SSSR count). The zero-order valence-electron chi connectivity index (χ0n) is 8.17. The van der Waals surface area contributed by atoms with Crippen LogP contribution in [0.1, 0.15) is 19.8 Å². The number of carbonyl (C=O) groups is 2. The van der Waals surface area contributed by atoms with Crippen LogP contribution in [0.25, 0.3) is 0 Å². The van der Waals surface area contributed by atoms with Crippen molar-refractivity contribution < 1.29 is 9.59 Å². The highest BCUT2D eigenvalue weighted by molar-refractivity contribution is 5.84. The minimum absolute atomic E-state index is 0.0188. The van der Waals surface area contributed by atoms with Crippen LogP contribution in [0.15, 0.2) is 0 Å². The van der Waals surface area contributed by atoms with Crippen LogP contribution in [0.2, 0.25) is 0 Å². The number of hydrogen-bond donors (Lipinski definition) is 1. The van der Waals surface area contributed by atoms with E-state index in [4.69, 9.17) is 0 Å². The Bertz CT molecular complexity index is 216.